The van der Waals surface area contributed by atoms with Crippen molar-refractivity contribution in [3.63, 3.8) is 0 Å². The molecule has 0 amide bonds. The van der Waals surface area contributed by atoms with Gasteiger partial charge < -0.3 is 19.5 Å². The van der Waals surface area contributed by atoms with Gasteiger partial charge in [-0.2, -0.15) is 0 Å². The van der Waals surface area contributed by atoms with E-state index in [1.807, 2.05) is 31.2 Å². The van der Waals surface area contributed by atoms with Gasteiger partial charge in [0.05, 0.1) is 27.4 Å². The van der Waals surface area contributed by atoms with Crippen molar-refractivity contribution in [2.75, 3.05) is 27.4 Å². The van der Waals surface area contributed by atoms with Crippen LogP contribution in [0.5, 0.6) is 17.2 Å². The quantitative estimate of drug-likeness (QED) is 0.723. The predicted octanol–water partition coefficient (Wildman–Crippen LogP) is 2.41. The molecule has 2 aromatic carbocycles. The Morgan fingerprint density at radius 1 is 0.870 bits per heavy atom. The van der Waals surface area contributed by atoms with Gasteiger partial charge in [0.15, 0.2) is 11.5 Å². The number of nitrogens with two attached hydrogens (primary N) is 1. The van der Waals surface area contributed by atoms with Crippen LogP contribution in [0.25, 0.3) is 0 Å². The SMILES string of the molecule is CCOc1ccc(C[NH2+]CCc2ccc(OC)c(OC)c2)cc1. The highest BCUT2D eigenvalue weighted by Gasteiger charge is 2.05. The molecule has 0 aliphatic rings. The summed E-state index contributed by atoms with van der Waals surface area (Å²) >= 11 is 0. The first-order valence-corrected chi connectivity index (χ1v) is 8.01. The number of hydrogen-bond donors (Lipinski definition) is 1. The third-order valence-corrected chi connectivity index (χ3v) is 3.70. The van der Waals surface area contributed by atoms with Gasteiger partial charge in [-0.1, -0.05) is 6.07 Å². The molecule has 0 aliphatic carbocycles. The summed E-state index contributed by atoms with van der Waals surface area (Å²) in [6, 6.07) is 14.4. The Morgan fingerprint density at radius 3 is 2.22 bits per heavy atom. The maximum absolute atomic E-state index is 5.45. The lowest BCUT2D eigenvalue weighted by molar-refractivity contribution is -0.670. The van der Waals surface area contributed by atoms with Gasteiger partial charge in [0.1, 0.15) is 12.3 Å². The molecule has 0 aliphatic heterocycles. The molecule has 0 heterocycles. The van der Waals surface area contributed by atoms with Crippen LogP contribution in [0.1, 0.15) is 18.1 Å². The monoisotopic (exact) mass is 316 g/mol. The largest absolute Gasteiger partial charge is 0.494 e. The summed E-state index contributed by atoms with van der Waals surface area (Å²) in [5.74, 6) is 2.49. The Morgan fingerprint density at radius 2 is 1.57 bits per heavy atom. The Balaban J connectivity index is 1.78. The highest BCUT2D eigenvalue weighted by molar-refractivity contribution is 5.42. The predicted molar refractivity (Wildman–Crippen MR) is 91.4 cm³/mol. The Kier molecular flexibility index (Phi) is 6.76. The van der Waals surface area contributed by atoms with Crippen LogP contribution in [-0.2, 0) is 13.0 Å². The lowest BCUT2D eigenvalue weighted by atomic mass is 10.1. The van der Waals surface area contributed by atoms with Crippen molar-refractivity contribution in [3.8, 4) is 17.2 Å². The summed E-state index contributed by atoms with van der Waals surface area (Å²) in [5, 5.41) is 2.31. The summed E-state index contributed by atoms with van der Waals surface area (Å²) in [7, 11) is 3.32. The van der Waals surface area contributed by atoms with Crippen LogP contribution in [0.4, 0.5) is 0 Å². The minimum absolute atomic E-state index is 0.705. The average Bonchev–Trinajstić information content (AvgIpc) is 2.60. The summed E-state index contributed by atoms with van der Waals surface area (Å²) in [6.45, 7) is 4.70. The van der Waals surface area contributed by atoms with Crippen LogP contribution in [0.3, 0.4) is 0 Å². The van der Waals surface area contributed by atoms with Crippen molar-refractivity contribution in [2.24, 2.45) is 0 Å². The van der Waals surface area contributed by atoms with Gasteiger partial charge in [0.2, 0.25) is 0 Å². The van der Waals surface area contributed by atoms with E-state index in [-0.39, 0.29) is 0 Å². The minimum Gasteiger partial charge on any atom is -0.494 e. The molecule has 2 aromatic rings. The molecule has 0 bridgehead atoms. The van der Waals surface area contributed by atoms with Crippen LogP contribution in [0, 0.1) is 0 Å². The molecule has 0 unspecified atom stereocenters. The Bertz CT molecular complexity index is 596. The van der Waals surface area contributed by atoms with E-state index in [1.165, 1.54) is 11.1 Å². The van der Waals surface area contributed by atoms with Crippen molar-refractivity contribution in [1.82, 2.24) is 0 Å². The van der Waals surface area contributed by atoms with Crippen molar-refractivity contribution >= 4 is 0 Å². The molecule has 0 saturated heterocycles. The van der Waals surface area contributed by atoms with Crippen LogP contribution in [-0.4, -0.2) is 27.4 Å². The molecule has 124 valence electrons. The van der Waals surface area contributed by atoms with Crippen molar-refractivity contribution in [3.05, 3.63) is 53.6 Å². The third-order valence-electron chi connectivity index (χ3n) is 3.70. The van der Waals surface area contributed by atoms with Crippen molar-refractivity contribution < 1.29 is 19.5 Å². The normalized spacial score (nSPS) is 10.4. The van der Waals surface area contributed by atoms with Gasteiger partial charge >= 0.3 is 0 Å². The summed E-state index contributed by atoms with van der Waals surface area (Å²) in [6.07, 6.45) is 0.997. The first-order valence-electron chi connectivity index (χ1n) is 8.01. The van der Waals surface area contributed by atoms with Crippen molar-refractivity contribution in [2.45, 2.75) is 19.9 Å². The zero-order chi connectivity index (χ0) is 16.5. The molecule has 4 nitrogen and oxygen atoms in total. The molecule has 2 N–H and O–H groups in total. The first kappa shape index (κ1) is 17.2. The number of ether oxygens (including phenoxy) is 3. The Hall–Kier alpha value is -2.20. The highest BCUT2D eigenvalue weighted by atomic mass is 16.5. The molecular weight excluding hydrogens is 290 g/mol. The molecule has 0 atom stereocenters. The molecule has 23 heavy (non-hydrogen) atoms. The van der Waals surface area contributed by atoms with Crippen LogP contribution in [0.2, 0.25) is 0 Å². The standard InChI is InChI=1S/C19H25NO3/c1-4-23-17-8-5-16(6-9-17)14-20-12-11-15-7-10-18(21-2)19(13-15)22-3/h5-10,13,20H,4,11-12,14H2,1-3H3/p+1. The lowest BCUT2D eigenvalue weighted by Crippen LogP contribution is -2.83. The topological polar surface area (TPSA) is 44.3 Å². The smallest absolute Gasteiger partial charge is 0.160 e. The van der Waals surface area contributed by atoms with E-state index in [4.69, 9.17) is 14.2 Å². The molecular formula is C19H26NO3+. The van der Waals surface area contributed by atoms with Crippen LogP contribution in [0.15, 0.2) is 42.5 Å². The number of methoxy groups -OCH3 is 2. The molecule has 0 spiro atoms. The number of hydrogen-bond acceptors (Lipinski definition) is 3. The second-order valence-corrected chi connectivity index (χ2v) is 5.30. The van der Waals surface area contributed by atoms with E-state index in [0.717, 1.165) is 36.8 Å². The molecule has 4 heteroatoms. The molecule has 0 radical (unpaired) electrons. The first-order chi connectivity index (χ1) is 11.3. The molecule has 0 saturated carbocycles. The van der Waals surface area contributed by atoms with Crippen molar-refractivity contribution in [1.29, 1.82) is 0 Å². The summed E-state index contributed by atoms with van der Waals surface area (Å²) in [4.78, 5) is 0. The molecule has 2 rings (SSSR count). The van der Waals surface area contributed by atoms with E-state index in [0.29, 0.717) is 6.61 Å². The maximum atomic E-state index is 5.45. The van der Waals surface area contributed by atoms with Crippen LogP contribution >= 0.6 is 0 Å². The van der Waals surface area contributed by atoms with E-state index in [1.54, 1.807) is 14.2 Å². The van der Waals surface area contributed by atoms with Gasteiger partial charge in [-0.25, -0.2) is 0 Å². The fourth-order valence-corrected chi connectivity index (χ4v) is 2.46. The number of quaternary nitrogens is 1. The second kappa shape index (κ2) is 9.06. The zero-order valence-corrected chi connectivity index (χ0v) is 14.2. The van der Waals surface area contributed by atoms with Gasteiger partial charge in [-0.05, 0) is 48.9 Å². The lowest BCUT2D eigenvalue weighted by Gasteiger charge is -2.09. The van der Waals surface area contributed by atoms with E-state index < -0.39 is 0 Å². The Labute approximate surface area is 138 Å². The van der Waals surface area contributed by atoms with E-state index in [2.05, 4.69) is 23.5 Å². The van der Waals surface area contributed by atoms with E-state index in [9.17, 15) is 0 Å². The minimum atomic E-state index is 0.705. The molecule has 0 aromatic heterocycles. The van der Waals surface area contributed by atoms with Gasteiger partial charge in [-0.3, -0.25) is 0 Å². The maximum Gasteiger partial charge on any atom is 0.160 e. The summed E-state index contributed by atoms with van der Waals surface area (Å²) < 4.78 is 16.0. The highest BCUT2D eigenvalue weighted by Crippen LogP contribution is 2.27. The molecule has 0 fully saturated rings. The van der Waals surface area contributed by atoms with Gasteiger partial charge in [-0.15, -0.1) is 0 Å². The zero-order valence-electron chi connectivity index (χ0n) is 14.2. The number of benzene rings is 2. The van der Waals surface area contributed by atoms with Crippen LogP contribution < -0.4 is 19.5 Å². The van der Waals surface area contributed by atoms with Gasteiger partial charge in [0, 0.05) is 12.0 Å². The number of rotatable bonds is 9. The average molecular weight is 316 g/mol. The third kappa shape index (κ3) is 5.18. The fourth-order valence-electron chi connectivity index (χ4n) is 2.46. The van der Waals surface area contributed by atoms with E-state index >= 15 is 0 Å². The van der Waals surface area contributed by atoms with Gasteiger partial charge in [0.25, 0.3) is 0 Å². The summed E-state index contributed by atoms with van der Waals surface area (Å²) in [5.41, 5.74) is 2.56. The fraction of sp³-hybridized carbons (Fsp3) is 0.368. The second-order valence-electron chi connectivity index (χ2n) is 5.30.